The first-order valence-electron chi connectivity index (χ1n) is 13.1. The summed E-state index contributed by atoms with van der Waals surface area (Å²) in [6.07, 6.45) is 9.03. The second kappa shape index (κ2) is 9.47. The number of aromatic nitrogens is 1. The van der Waals surface area contributed by atoms with E-state index >= 15 is 0 Å². The van der Waals surface area contributed by atoms with Crippen molar-refractivity contribution < 1.29 is 19.1 Å². The Morgan fingerprint density at radius 3 is 2.67 bits per heavy atom. The van der Waals surface area contributed by atoms with Crippen molar-refractivity contribution in [2.75, 3.05) is 7.11 Å². The number of amides is 1. The predicted molar refractivity (Wildman–Crippen MR) is 139 cm³/mol. The maximum absolute atomic E-state index is 14.4. The number of aromatic amines is 1. The molecule has 1 aliphatic heterocycles. The molecule has 1 amide bonds. The van der Waals surface area contributed by atoms with Crippen LogP contribution in [-0.2, 0) is 25.5 Å². The minimum absolute atomic E-state index is 0.00632. The number of allylic oxidation sites excluding steroid dienone is 4. The van der Waals surface area contributed by atoms with Crippen LogP contribution in [0.15, 0.2) is 54.3 Å². The van der Waals surface area contributed by atoms with Crippen molar-refractivity contribution in [3.8, 4) is 0 Å². The summed E-state index contributed by atoms with van der Waals surface area (Å²) >= 11 is 0. The molecule has 1 aromatic carbocycles. The number of ketones is 2. The van der Waals surface area contributed by atoms with Gasteiger partial charge in [0.1, 0.15) is 17.3 Å². The molecule has 1 aromatic heterocycles. The van der Waals surface area contributed by atoms with Crippen LogP contribution in [0.3, 0.4) is 0 Å². The number of hydrogen-bond donors (Lipinski definition) is 2. The molecule has 3 aliphatic rings. The van der Waals surface area contributed by atoms with E-state index in [4.69, 9.17) is 4.74 Å². The van der Waals surface area contributed by atoms with Crippen molar-refractivity contribution in [2.45, 2.75) is 58.6 Å². The molecule has 2 N–H and O–H groups in total. The van der Waals surface area contributed by atoms with Gasteiger partial charge in [-0.25, -0.2) is 0 Å². The van der Waals surface area contributed by atoms with Crippen LogP contribution in [0.5, 0.6) is 0 Å². The van der Waals surface area contributed by atoms with E-state index in [9.17, 15) is 14.4 Å². The van der Waals surface area contributed by atoms with Gasteiger partial charge in [0.25, 0.3) is 0 Å². The van der Waals surface area contributed by atoms with Gasteiger partial charge in [0.2, 0.25) is 5.91 Å². The highest BCUT2D eigenvalue weighted by atomic mass is 16.5. The normalized spacial score (nSPS) is 36.0. The van der Waals surface area contributed by atoms with Crippen molar-refractivity contribution in [3.63, 3.8) is 0 Å². The Kier molecular flexibility index (Phi) is 6.50. The first kappa shape index (κ1) is 24.7. The molecule has 190 valence electrons. The summed E-state index contributed by atoms with van der Waals surface area (Å²) in [4.78, 5) is 44.6. The van der Waals surface area contributed by atoms with Gasteiger partial charge in [-0.1, -0.05) is 55.8 Å². The molecule has 6 nitrogen and oxygen atoms in total. The third-order valence-electron chi connectivity index (χ3n) is 8.85. The second-order valence-electron chi connectivity index (χ2n) is 11.1. The summed E-state index contributed by atoms with van der Waals surface area (Å²) < 4.78 is 5.64. The fraction of sp³-hybridized carbons (Fsp3) is 0.500. The summed E-state index contributed by atoms with van der Waals surface area (Å²) in [6.45, 7) is 6.27. The summed E-state index contributed by atoms with van der Waals surface area (Å²) in [5.74, 6) is -0.937. The molecule has 6 heteroatoms. The Labute approximate surface area is 212 Å². The first-order valence-corrected chi connectivity index (χ1v) is 13.1. The minimum atomic E-state index is -1.30. The van der Waals surface area contributed by atoms with Crippen LogP contribution >= 0.6 is 0 Å². The highest BCUT2D eigenvalue weighted by molar-refractivity contribution is 6.12. The molecular weight excluding hydrogens is 452 g/mol. The molecule has 2 aliphatic carbocycles. The zero-order valence-corrected chi connectivity index (χ0v) is 21.5. The molecule has 7 atom stereocenters. The minimum Gasteiger partial charge on any atom is -0.373 e. The second-order valence-corrected chi connectivity index (χ2v) is 11.1. The van der Waals surface area contributed by atoms with E-state index in [0.717, 1.165) is 22.9 Å². The Hall–Kier alpha value is -2.99. The number of Topliss-reactive ketones (excluding diaryl/α,β-unsaturated/α-hetero) is 2. The van der Waals surface area contributed by atoms with Gasteiger partial charge in [-0.3, -0.25) is 14.4 Å². The molecule has 0 radical (unpaired) electrons. The number of carbonyl (C=O) groups excluding carboxylic acids is 3. The van der Waals surface area contributed by atoms with Crippen molar-refractivity contribution in [3.05, 3.63) is 59.8 Å². The van der Waals surface area contributed by atoms with Gasteiger partial charge in [-0.05, 0) is 43.2 Å². The lowest BCUT2D eigenvalue weighted by atomic mass is 9.54. The zero-order chi connectivity index (χ0) is 25.6. The molecule has 0 saturated carbocycles. The number of rotatable bonds is 3. The van der Waals surface area contributed by atoms with Gasteiger partial charge in [-0.15, -0.1) is 0 Å². The largest absolute Gasteiger partial charge is 0.373 e. The smallest absolute Gasteiger partial charge is 0.235 e. The monoisotopic (exact) mass is 488 g/mol. The number of hydrogen-bond acceptors (Lipinski definition) is 4. The van der Waals surface area contributed by atoms with Crippen molar-refractivity contribution in [1.29, 1.82) is 0 Å². The molecule has 0 unspecified atom stereocenters. The molecule has 0 bridgehead atoms. The average Bonchev–Trinajstić information content (AvgIpc) is 3.38. The molecule has 36 heavy (non-hydrogen) atoms. The Morgan fingerprint density at radius 1 is 1.11 bits per heavy atom. The molecule has 2 heterocycles. The van der Waals surface area contributed by atoms with E-state index in [0.29, 0.717) is 12.8 Å². The molecule has 2 aromatic rings. The lowest BCUT2D eigenvalue weighted by Gasteiger charge is -2.45. The van der Waals surface area contributed by atoms with E-state index in [2.05, 4.69) is 42.4 Å². The standard InChI is InChI=1S/C30H36N2O4/c1-17-8-7-9-21-13-18(2)19(3)27-25(14-20-16-31-24-11-6-5-10-23(20)24)32-29(35)30(21,27)28(34)26(36-4)15-22(33)12-17/h5-7,9-11,13,16-17,19,21,25-27,31H,8,12,14-15H2,1-4H3,(H,32,35)/b9-7+/t17-,19+,21-,25-,26+,27-,30-/m0/s1. The van der Waals surface area contributed by atoms with Gasteiger partial charge >= 0.3 is 0 Å². The number of para-hydroxylation sites is 1. The number of benzene rings is 1. The number of methoxy groups -OCH3 is 1. The van der Waals surface area contributed by atoms with E-state index in [-0.39, 0.29) is 53.6 Å². The number of fused-ring (bicyclic) bond motifs is 1. The number of H-pyrrole nitrogens is 1. The number of carbonyl (C=O) groups is 3. The van der Waals surface area contributed by atoms with Crippen molar-refractivity contribution in [2.24, 2.45) is 29.1 Å². The molecule has 1 saturated heterocycles. The van der Waals surface area contributed by atoms with Crippen LogP contribution in [0.1, 0.15) is 45.6 Å². The Bertz CT molecular complexity index is 1260. The van der Waals surface area contributed by atoms with Crippen LogP contribution in [0.4, 0.5) is 0 Å². The number of nitrogens with one attached hydrogen (secondary N) is 2. The Balaban J connectivity index is 1.63. The molecule has 5 rings (SSSR count). The summed E-state index contributed by atoms with van der Waals surface area (Å²) in [6, 6.07) is 7.92. The van der Waals surface area contributed by atoms with E-state index in [1.807, 2.05) is 37.4 Å². The van der Waals surface area contributed by atoms with Crippen molar-refractivity contribution >= 4 is 28.4 Å². The fourth-order valence-corrected chi connectivity index (χ4v) is 6.94. The fourth-order valence-electron chi connectivity index (χ4n) is 6.94. The van der Waals surface area contributed by atoms with Crippen LogP contribution < -0.4 is 5.32 Å². The van der Waals surface area contributed by atoms with Crippen LogP contribution in [0.25, 0.3) is 10.9 Å². The van der Waals surface area contributed by atoms with Gasteiger partial charge in [-0.2, -0.15) is 0 Å². The lowest BCUT2D eigenvalue weighted by molar-refractivity contribution is -0.154. The highest BCUT2D eigenvalue weighted by Crippen LogP contribution is 2.55. The summed E-state index contributed by atoms with van der Waals surface area (Å²) in [5, 5.41) is 4.38. The SMILES string of the molecule is CO[C@@H]1CC(=O)C[C@@H](C)C/C=C/[C@H]2C=C(C)[C@@H](C)[C@H]3[C@H](Cc4c[nH]c5ccccc45)NC(=O)[C@]32C1=O. The van der Waals surface area contributed by atoms with E-state index in [1.165, 1.54) is 12.7 Å². The quantitative estimate of drug-likeness (QED) is 0.490. The van der Waals surface area contributed by atoms with Gasteiger partial charge in [0.05, 0.1) is 0 Å². The lowest BCUT2D eigenvalue weighted by Crippen LogP contribution is -2.56. The van der Waals surface area contributed by atoms with E-state index < -0.39 is 11.5 Å². The van der Waals surface area contributed by atoms with E-state index in [1.54, 1.807) is 0 Å². The van der Waals surface area contributed by atoms with Crippen molar-refractivity contribution in [1.82, 2.24) is 10.3 Å². The molecule has 1 spiro atoms. The number of ether oxygens (including phenoxy) is 1. The van der Waals surface area contributed by atoms with Crippen LogP contribution in [0.2, 0.25) is 0 Å². The van der Waals surface area contributed by atoms with Crippen LogP contribution in [0, 0.1) is 29.1 Å². The predicted octanol–water partition coefficient (Wildman–Crippen LogP) is 4.55. The molecular formula is C30H36N2O4. The Morgan fingerprint density at radius 2 is 1.89 bits per heavy atom. The summed E-state index contributed by atoms with van der Waals surface area (Å²) in [7, 11) is 1.47. The van der Waals surface area contributed by atoms with Crippen LogP contribution in [-0.4, -0.2) is 41.7 Å². The van der Waals surface area contributed by atoms with Gasteiger partial charge < -0.3 is 15.0 Å². The topological polar surface area (TPSA) is 88.3 Å². The molecule has 1 fully saturated rings. The third kappa shape index (κ3) is 3.86. The average molecular weight is 489 g/mol. The maximum atomic E-state index is 14.4. The van der Waals surface area contributed by atoms with Gasteiger partial charge in [0, 0.05) is 54.9 Å². The first-order chi connectivity index (χ1) is 17.3. The maximum Gasteiger partial charge on any atom is 0.235 e. The zero-order valence-electron chi connectivity index (χ0n) is 21.5. The van der Waals surface area contributed by atoms with Gasteiger partial charge in [0.15, 0.2) is 5.78 Å². The highest BCUT2D eigenvalue weighted by Gasteiger charge is 2.66. The summed E-state index contributed by atoms with van der Waals surface area (Å²) in [5.41, 5.74) is 2.06. The third-order valence-corrected chi connectivity index (χ3v) is 8.85.